The van der Waals surface area contributed by atoms with Crippen LogP contribution in [0.2, 0.25) is 0 Å². The number of Topliss-reactive ketones (excluding diaryl/α,β-unsaturated/α-hetero) is 1. The van der Waals surface area contributed by atoms with Crippen LogP contribution in [0.3, 0.4) is 0 Å². The first kappa shape index (κ1) is 41.4. The van der Waals surface area contributed by atoms with Crippen molar-refractivity contribution >= 4 is 44.1 Å². The average molecular weight is 677 g/mol. The van der Waals surface area contributed by atoms with Gasteiger partial charge in [-0.25, -0.2) is 4.79 Å². The highest BCUT2D eigenvalue weighted by atomic mass is 16.7. The maximum Gasteiger partial charge on any atom is 0.333 e. The first-order valence-electron chi connectivity index (χ1n) is 14.1. The summed E-state index contributed by atoms with van der Waals surface area (Å²) in [6.45, 7) is 4.56. The Morgan fingerprint density at radius 3 is 1.06 bits per heavy atom. The Morgan fingerprint density at radius 1 is 0.551 bits per heavy atom. The van der Waals surface area contributed by atoms with E-state index in [0.29, 0.717) is 45.8 Å². The second kappa shape index (κ2) is 18.6. The number of ketones is 1. The molecular weight excluding hydrogens is 628 g/mol. The Bertz CT molecular complexity index is 1610. The van der Waals surface area contributed by atoms with E-state index in [9.17, 15) is 9.59 Å². The minimum absolute atomic E-state index is 0. The highest BCUT2D eigenvalue weighted by Crippen LogP contribution is 2.46. The molecule has 264 valence electrons. The lowest BCUT2D eigenvalue weighted by molar-refractivity contribution is -0.144. The molecule has 0 unspecified atom stereocenters. The second-order valence-corrected chi connectivity index (χ2v) is 9.77. The van der Waals surface area contributed by atoms with Gasteiger partial charge < -0.3 is 37.9 Å². The lowest BCUT2D eigenvalue weighted by Gasteiger charge is -2.18. The molecule has 0 atom stereocenters. The van der Waals surface area contributed by atoms with Crippen LogP contribution in [0.4, 0.5) is 0 Å². The van der Waals surface area contributed by atoms with Crippen LogP contribution in [0.5, 0.6) is 40.2 Å². The van der Waals surface area contributed by atoms with Crippen molar-refractivity contribution in [2.24, 2.45) is 0 Å². The number of hydrogen-bond donors (Lipinski definition) is 0. The van der Waals surface area contributed by atoms with Gasteiger partial charge >= 0.3 is 5.97 Å². The van der Waals surface area contributed by atoms with Crippen LogP contribution in [0.15, 0.2) is 73.3 Å². The predicted octanol–water partition coefficient (Wildman–Crippen LogP) is 9.06. The molecule has 0 bridgehead atoms. The molecule has 5 aromatic rings. The van der Waals surface area contributed by atoms with E-state index in [0.717, 1.165) is 38.4 Å². The highest BCUT2D eigenvalue weighted by Gasteiger charge is 2.18. The Labute approximate surface area is 289 Å². The number of fused-ring (bicyclic) bond motifs is 6. The second-order valence-electron chi connectivity index (χ2n) is 9.77. The maximum atomic E-state index is 11.0. The lowest BCUT2D eigenvalue weighted by atomic mass is 9.93. The molecule has 0 saturated carbocycles. The molecule has 0 fully saturated rings. The van der Waals surface area contributed by atoms with Gasteiger partial charge in [-0.3, -0.25) is 4.79 Å². The number of esters is 1. The SMILES string of the molecule is C.C.C.C=CC(=O)OCOc1ccc(C(C)=O)cc1.COc1cc2c3cc(OC)c(OC)cc3c3cc(OC)c(OC)cc3c2cc1OC. The van der Waals surface area contributed by atoms with Gasteiger partial charge in [0.05, 0.1) is 42.7 Å². The molecule has 0 N–H and O–H groups in total. The molecule has 0 aliphatic carbocycles. The first-order valence-corrected chi connectivity index (χ1v) is 14.1. The van der Waals surface area contributed by atoms with Crippen molar-refractivity contribution < 1.29 is 47.5 Å². The molecule has 0 aliphatic heterocycles. The normalized spacial score (nSPS) is 9.78. The van der Waals surface area contributed by atoms with E-state index in [1.54, 1.807) is 66.9 Å². The fraction of sp³-hybridized carbons (Fsp3) is 0.282. The van der Waals surface area contributed by atoms with Gasteiger partial charge in [0.15, 0.2) is 40.3 Å². The molecule has 49 heavy (non-hydrogen) atoms. The Kier molecular flexibility index (Phi) is 15.7. The summed E-state index contributed by atoms with van der Waals surface area (Å²) in [7, 11) is 9.78. The van der Waals surface area contributed by atoms with Gasteiger partial charge in [0, 0.05) is 11.6 Å². The summed E-state index contributed by atoms with van der Waals surface area (Å²) >= 11 is 0. The third-order valence-corrected chi connectivity index (χ3v) is 7.30. The predicted molar refractivity (Wildman–Crippen MR) is 197 cm³/mol. The maximum absolute atomic E-state index is 11.0. The third kappa shape index (κ3) is 8.84. The Balaban J connectivity index is 0.000000544. The number of hydrogen-bond acceptors (Lipinski definition) is 10. The summed E-state index contributed by atoms with van der Waals surface area (Å²) in [6.07, 6.45) is 1.06. The molecule has 0 spiro atoms. The van der Waals surface area contributed by atoms with E-state index >= 15 is 0 Å². The number of carbonyl (C=O) groups excluding carboxylic acids is 2. The molecule has 0 radical (unpaired) electrons. The minimum Gasteiger partial charge on any atom is -0.493 e. The molecular formula is C39H48O10. The standard InChI is InChI=1S/C24H24O6.C12H12O4.3CH4/c1-25-19-7-13-14(8-20(19)26-2)16-10-22(28-4)24(30-6)12-18(16)17-11-23(29-5)21(27-3)9-15(13)17;1-3-12(14)16-8-15-11-6-4-10(5-7-11)9(2)13;;;/h7-12H,1-6H3;3-7H,1,8H2,2H3;3*1H4. The van der Waals surface area contributed by atoms with Crippen molar-refractivity contribution in [3.05, 3.63) is 78.9 Å². The van der Waals surface area contributed by atoms with Crippen molar-refractivity contribution in [1.82, 2.24) is 0 Å². The summed E-state index contributed by atoms with van der Waals surface area (Å²) in [4.78, 5) is 21.7. The summed E-state index contributed by atoms with van der Waals surface area (Å²) in [5.74, 6) is 3.90. The molecule has 0 aliphatic rings. The fourth-order valence-corrected chi connectivity index (χ4v) is 4.97. The molecule has 5 aromatic carbocycles. The average Bonchev–Trinajstić information content (AvgIpc) is 3.10. The van der Waals surface area contributed by atoms with Gasteiger partial charge in [-0.2, -0.15) is 0 Å². The third-order valence-electron chi connectivity index (χ3n) is 7.30. The van der Waals surface area contributed by atoms with E-state index < -0.39 is 5.97 Å². The quantitative estimate of drug-likeness (QED) is 0.0442. The summed E-state index contributed by atoms with van der Waals surface area (Å²) in [5.41, 5.74) is 0.607. The van der Waals surface area contributed by atoms with Crippen LogP contribution in [-0.2, 0) is 9.53 Å². The van der Waals surface area contributed by atoms with Gasteiger partial charge in [-0.05, 0) is 99.9 Å². The van der Waals surface area contributed by atoms with Gasteiger partial charge in [0.25, 0.3) is 0 Å². The zero-order valence-corrected chi connectivity index (χ0v) is 26.8. The van der Waals surface area contributed by atoms with Crippen LogP contribution < -0.4 is 33.2 Å². The van der Waals surface area contributed by atoms with Gasteiger partial charge in [-0.15, -0.1) is 0 Å². The molecule has 10 nitrogen and oxygen atoms in total. The van der Waals surface area contributed by atoms with Gasteiger partial charge in [0.2, 0.25) is 6.79 Å². The van der Waals surface area contributed by atoms with Gasteiger partial charge in [-0.1, -0.05) is 28.9 Å². The molecule has 0 saturated heterocycles. The smallest absolute Gasteiger partial charge is 0.333 e. The minimum atomic E-state index is -0.541. The Hall–Kier alpha value is -5.64. The molecule has 5 rings (SSSR count). The summed E-state index contributed by atoms with van der Waals surface area (Å²) in [5, 5.41) is 6.02. The number of benzene rings is 5. The van der Waals surface area contributed by atoms with Gasteiger partial charge in [0.1, 0.15) is 5.75 Å². The number of rotatable bonds is 11. The van der Waals surface area contributed by atoms with Crippen LogP contribution in [0.1, 0.15) is 39.6 Å². The zero-order chi connectivity index (χ0) is 33.4. The van der Waals surface area contributed by atoms with E-state index in [4.69, 9.17) is 33.2 Å². The van der Waals surface area contributed by atoms with E-state index in [2.05, 4.69) is 11.3 Å². The van der Waals surface area contributed by atoms with Crippen molar-refractivity contribution in [3.8, 4) is 40.2 Å². The van der Waals surface area contributed by atoms with E-state index in [1.165, 1.54) is 6.92 Å². The molecule has 0 heterocycles. The van der Waals surface area contributed by atoms with Crippen molar-refractivity contribution in [1.29, 1.82) is 0 Å². The number of carbonyl (C=O) groups is 2. The topological polar surface area (TPSA) is 108 Å². The molecule has 0 aromatic heterocycles. The molecule has 10 heteroatoms. The fourth-order valence-electron chi connectivity index (χ4n) is 4.97. The Morgan fingerprint density at radius 2 is 0.837 bits per heavy atom. The van der Waals surface area contributed by atoms with Crippen LogP contribution in [0.25, 0.3) is 32.3 Å². The molecule has 0 amide bonds. The first-order chi connectivity index (χ1) is 22.2. The van der Waals surface area contributed by atoms with E-state index in [-0.39, 0.29) is 34.9 Å². The van der Waals surface area contributed by atoms with Crippen molar-refractivity contribution in [2.45, 2.75) is 29.2 Å². The largest absolute Gasteiger partial charge is 0.493 e. The van der Waals surface area contributed by atoms with Crippen molar-refractivity contribution in [3.63, 3.8) is 0 Å². The monoisotopic (exact) mass is 676 g/mol. The van der Waals surface area contributed by atoms with Crippen molar-refractivity contribution in [2.75, 3.05) is 49.5 Å². The lowest BCUT2D eigenvalue weighted by Crippen LogP contribution is -2.07. The summed E-state index contributed by atoms with van der Waals surface area (Å²) < 4.78 is 43.1. The van der Waals surface area contributed by atoms with Crippen LogP contribution >= 0.6 is 0 Å². The zero-order valence-electron chi connectivity index (χ0n) is 26.8. The summed E-state index contributed by atoms with van der Waals surface area (Å²) in [6, 6.07) is 18.5. The van der Waals surface area contributed by atoms with E-state index in [1.807, 2.05) is 36.4 Å². The number of ether oxygens (including phenoxy) is 8. The highest BCUT2D eigenvalue weighted by molar-refractivity contribution is 6.26. The van der Waals surface area contributed by atoms with Crippen LogP contribution in [0, 0.1) is 0 Å². The van der Waals surface area contributed by atoms with Crippen LogP contribution in [-0.4, -0.2) is 61.2 Å². The number of methoxy groups -OCH3 is 6.